The summed E-state index contributed by atoms with van der Waals surface area (Å²) in [5.74, 6) is 0.621. The zero-order valence-electron chi connectivity index (χ0n) is 11.1. The summed E-state index contributed by atoms with van der Waals surface area (Å²) in [6, 6.07) is 0. The second-order valence-electron chi connectivity index (χ2n) is 4.03. The molecule has 6 heteroatoms. The van der Waals surface area contributed by atoms with E-state index in [1.807, 2.05) is 0 Å². The van der Waals surface area contributed by atoms with E-state index < -0.39 is 7.82 Å². The van der Waals surface area contributed by atoms with E-state index in [0.717, 1.165) is 12.8 Å². The lowest BCUT2D eigenvalue weighted by atomic mass is 9.99. The Morgan fingerprint density at radius 3 is 2.06 bits per heavy atom. The van der Waals surface area contributed by atoms with Crippen molar-refractivity contribution in [2.24, 2.45) is 5.92 Å². The Morgan fingerprint density at radius 2 is 1.65 bits per heavy atom. The molecular formula is C11H27O5P. The molecule has 0 aromatic heterocycles. The molecule has 0 saturated heterocycles. The van der Waals surface area contributed by atoms with Gasteiger partial charge in [0.2, 0.25) is 0 Å². The molecule has 3 N–H and O–H groups in total. The van der Waals surface area contributed by atoms with E-state index in [1.54, 1.807) is 6.92 Å². The van der Waals surface area contributed by atoms with E-state index in [2.05, 4.69) is 18.4 Å². The second kappa shape index (κ2) is 12.5. The summed E-state index contributed by atoms with van der Waals surface area (Å²) in [5.41, 5.74) is 0. The first-order valence-corrected chi connectivity index (χ1v) is 7.71. The SMILES string of the molecule is CCCCC(C)CCCOP(=O)(O)O.CCO. The number of hydrogen-bond donors (Lipinski definition) is 3. The smallest absolute Gasteiger partial charge is 0.397 e. The van der Waals surface area contributed by atoms with Crippen LogP contribution in [0.15, 0.2) is 0 Å². The van der Waals surface area contributed by atoms with Gasteiger partial charge < -0.3 is 14.9 Å². The molecule has 0 fully saturated rings. The standard InChI is InChI=1S/C9H21O4P.C2H6O/c1-3-4-6-9(2)7-5-8-13-14(10,11)12;1-2-3/h9H,3-8H2,1-2H3,(H2,10,11,12);3H,2H2,1H3. The van der Waals surface area contributed by atoms with Crippen LogP contribution in [0.2, 0.25) is 0 Å². The topological polar surface area (TPSA) is 87.0 Å². The van der Waals surface area contributed by atoms with E-state index >= 15 is 0 Å². The molecule has 0 aromatic carbocycles. The quantitative estimate of drug-likeness (QED) is 0.466. The molecule has 0 heterocycles. The maximum atomic E-state index is 10.3. The molecule has 0 rings (SSSR count). The predicted molar refractivity (Wildman–Crippen MR) is 68.7 cm³/mol. The molecule has 0 spiro atoms. The van der Waals surface area contributed by atoms with Gasteiger partial charge in [0.25, 0.3) is 0 Å². The summed E-state index contributed by atoms with van der Waals surface area (Å²) < 4.78 is 14.7. The molecule has 0 aliphatic carbocycles. The minimum Gasteiger partial charge on any atom is -0.397 e. The van der Waals surface area contributed by atoms with Crippen molar-refractivity contribution in [1.29, 1.82) is 0 Å². The summed E-state index contributed by atoms with van der Waals surface area (Å²) in [7, 11) is -4.25. The van der Waals surface area contributed by atoms with E-state index in [9.17, 15) is 4.57 Å². The first-order valence-electron chi connectivity index (χ1n) is 6.18. The number of phosphoric acid groups is 1. The summed E-state index contributed by atoms with van der Waals surface area (Å²) in [6.07, 6.45) is 5.30. The Hall–Kier alpha value is 0.0700. The number of aliphatic hydroxyl groups is 1. The molecule has 0 aromatic rings. The maximum Gasteiger partial charge on any atom is 0.469 e. The zero-order chi connectivity index (χ0) is 13.7. The van der Waals surface area contributed by atoms with Gasteiger partial charge in [-0.25, -0.2) is 4.57 Å². The van der Waals surface area contributed by atoms with Crippen molar-refractivity contribution in [2.45, 2.75) is 52.9 Å². The third-order valence-electron chi connectivity index (χ3n) is 2.15. The summed E-state index contributed by atoms with van der Waals surface area (Å²) in [5, 5.41) is 7.57. The van der Waals surface area contributed by atoms with Crippen LogP contribution in [0.4, 0.5) is 0 Å². The van der Waals surface area contributed by atoms with Crippen molar-refractivity contribution in [2.75, 3.05) is 13.2 Å². The number of phosphoric ester groups is 1. The van der Waals surface area contributed by atoms with Gasteiger partial charge in [0.1, 0.15) is 0 Å². The monoisotopic (exact) mass is 270 g/mol. The van der Waals surface area contributed by atoms with Crippen molar-refractivity contribution in [3.05, 3.63) is 0 Å². The minimum absolute atomic E-state index is 0.154. The van der Waals surface area contributed by atoms with Crippen molar-refractivity contribution in [3.8, 4) is 0 Å². The molecule has 0 saturated carbocycles. The highest BCUT2D eigenvalue weighted by molar-refractivity contribution is 7.46. The largest absolute Gasteiger partial charge is 0.469 e. The summed E-state index contributed by atoms with van der Waals surface area (Å²) >= 11 is 0. The zero-order valence-corrected chi connectivity index (χ0v) is 12.0. The minimum atomic E-state index is -4.25. The van der Waals surface area contributed by atoms with Crippen LogP contribution in [0.1, 0.15) is 52.9 Å². The number of hydrogen-bond acceptors (Lipinski definition) is 3. The molecular weight excluding hydrogens is 243 g/mol. The van der Waals surface area contributed by atoms with Crippen LogP contribution < -0.4 is 0 Å². The Balaban J connectivity index is 0. The normalized spacial score (nSPS) is 12.8. The van der Waals surface area contributed by atoms with Gasteiger partial charge >= 0.3 is 7.82 Å². The average Bonchev–Trinajstić information content (AvgIpc) is 2.21. The highest BCUT2D eigenvalue weighted by Crippen LogP contribution is 2.35. The van der Waals surface area contributed by atoms with Gasteiger partial charge in [0.15, 0.2) is 0 Å². The van der Waals surface area contributed by atoms with Crippen LogP contribution in [0.5, 0.6) is 0 Å². The van der Waals surface area contributed by atoms with Crippen LogP contribution >= 0.6 is 7.82 Å². The lowest BCUT2D eigenvalue weighted by Gasteiger charge is -2.10. The third kappa shape index (κ3) is 21.8. The van der Waals surface area contributed by atoms with Crippen molar-refractivity contribution >= 4 is 7.82 Å². The molecule has 0 aliphatic rings. The summed E-state index contributed by atoms with van der Waals surface area (Å²) in [6.45, 7) is 6.40. The van der Waals surface area contributed by atoms with E-state index in [-0.39, 0.29) is 13.2 Å². The Morgan fingerprint density at radius 1 is 1.18 bits per heavy atom. The van der Waals surface area contributed by atoms with Crippen LogP contribution in [-0.2, 0) is 9.09 Å². The molecule has 106 valence electrons. The predicted octanol–water partition coefficient (Wildman–Crippen LogP) is 2.70. The fourth-order valence-corrected chi connectivity index (χ4v) is 1.68. The first-order chi connectivity index (χ1) is 7.87. The average molecular weight is 270 g/mol. The number of unbranched alkanes of at least 4 members (excludes halogenated alkanes) is 1. The van der Waals surface area contributed by atoms with Crippen LogP contribution in [-0.4, -0.2) is 28.1 Å². The molecule has 0 amide bonds. The molecule has 0 aliphatic heterocycles. The molecule has 1 atom stereocenters. The fourth-order valence-electron chi connectivity index (χ4n) is 1.31. The molecule has 5 nitrogen and oxygen atoms in total. The van der Waals surface area contributed by atoms with Gasteiger partial charge in [-0.05, 0) is 25.7 Å². The van der Waals surface area contributed by atoms with Gasteiger partial charge in [-0.3, -0.25) is 4.52 Å². The Bertz CT molecular complexity index is 192. The van der Waals surface area contributed by atoms with Gasteiger partial charge in [-0.15, -0.1) is 0 Å². The maximum absolute atomic E-state index is 10.3. The second-order valence-corrected chi connectivity index (χ2v) is 5.27. The lowest BCUT2D eigenvalue weighted by molar-refractivity contribution is 0.190. The highest BCUT2D eigenvalue weighted by atomic mass is 31.2. The Labute approximate surface area is 104 Å². The van der Waals surface area contributed by atoms with Gasteiger partial charge in [0.05, 0.1) is 6.61 Å². The van der Waals surface area contributed by atoms with Gasteiger partial charge in [-0.1, -0.05) is 33.1 Å². The lowest BCUT2D eigenvalue weighted by Crippen LogP contribution is -1.98. The molecule has 0 radical (unpaired) electrons. The van der Waals surface area contributed by atoms with E-state index in [0.29, 0.717) is 5.92 Å². The van der Waals surface area contributed by atoms with Crippen LogP contribution in [0, 0.1) is 5.92 Å². The summed E-state index contributed by atoms with van der Waals surface area (Å²) in [4.78, 5) is 16.8. The molecule has 17 heavy (non-hydrogen) atoms. The van der Waals surface area contributed by atoms with Crippen molar-refractivity contribution < 1.29 is 24.0 Å². The van der Waals surface area contributed by atoms with Gasteiger partial charge in [0, 0.05) is 6.61 Å². The number of rotatable bonds is 8. The van der Waals surface area contributed by atoms with Crippen LogP contribution in [0.25, 0.3) is 0 Å². The third-order valence-corrected chi connectivity index (χ3v) is 2.67. The van der Waals surface area contributed by atoms with E-state index in [1.165, 1.54) is 19.3 Å². The highest BCUT2D eigenvalue weighted by Gasteiger charge is 2.12. The van der Waals surface area contributed by atoms with E-state index in [4.69, 9.17) is 14.9 Å². The number of aliphatic hydroxyl groups excluding tert-OH is 1. The van der Waals surface area contributed by atoms with Crippen LogP contribution in [0.3, 0.4) is 0 Å². The molecule has 1 unspecified atom stereocenters. The fraction of sp³-hybridized carbons (Fsp3) is 1.00. The Kier molecular flexibility index (Phi) is 14.3. The molecule has 0 bridgehead atoms. The first kappa shape index (κ1) is 19.4. The van der Waals surface area contributed by atoms with Crippen molar-refractivity contribution in [1.82, 2.24) is 0 Å². The van der Waals surface area contributed by atoms with Crippen molar-refractivity contribution in [3.63, 3.8) is 0 Å². The van der Waals surface area contributed by atoms with Gasteiger partial charge in [-0.2, -0.15) is 0 Å².